The Kier molecular flexibility index (Phi) is 5.10. The molecule has 1 aromatic carbocycles. The first-order valence-corrected chi connectivity index (χ1v) is 11.5. The van der Waals surface area contributed by atoms with Gasteiger partial charge in [-0.25, -0.2) is 9.38 Å². The lowest BCUT2D eigenvalue weighted by atomic mass is 9.74. The first-order chi connectivity index (χ1) is 14.1. The van der Waals surface area contributed by atoms with E-state index in [0.29, 0.717) is 21.5 Å². The highest BCUT2D eigenvalue weighted by Gasteiger charge is 2.43. The zero-order valence-electron chi connectivity index (χ0n) is 15.9. The van der Waals surface area contributed by atoms with Crippen molar-refractivity contribution in [1.29, 1.82) is 0 Å². The largest absolute Gasteiger partial charge is 0.342 e. The minimum absolute atomic E-state index is 0.319. The summed E-state index contributed by atoms with van der Waals surface area (Å²) in [6.45, 7) is 1.91. The molecule has 1 atom stereocenters. The Labute approximate surface area is 183 Å². The van der Waals surface area contributed by atoms with Gasteiger partial charge < -0.3 is 10.6 Å². The molecule has 29 heavy (non-hydrogen) atoms. The highest BCUT2D eigenvalue weighted by atomic mass is 35.5. The third-order valence-electron chi connectivity index (χ3n) is 6.43. The number of hydrogen-bond acceptors (Lipinski definition) is 6. The van der Waals surface area contributed by atoms with Crippen molar-refractivity contribution in [2.75, 3.05) is 18.0 Å². The van der Waals surface area contributed by atoms with E-state index in [9.17, 15) is 0 Å². The lowest BCUT2D eigenvalue weighted by Crippen LogP contribution is -2.47. The van der Waals surface area contributed by atoms with E-state index in [4.69, 9.17) is 33.9 Å². The summed E-state index contributed by atoms with van der Waals surface area (Å²) in [6.07, 6.45) is 9.47. The Morgan fingerprint density at radius 3 is 2.59 bits per heavy atom. The topological polar surface area (TPSA) is 72.3 Å². The number of halogens is 2. The molecule has 1 saturated carbocycles. The van der Waals surface area contributed by atoms with E-state index >= 15 is 0 Å². The van der Waals surface area contributed by atoms with Gasteiger partial charge in [0.1, 0.15) is 6.33 Å². The van der Waals surface area contributed by atoms with Gasteiger partial charge in [0, 0.05) is 30.2 Å². The van der Waals surface area contributed by atoms with Crippen LogP contribution in [-0.4, -0.2) is 38.7 Å². The van der Waals surface area contributed by atoms with E-state index < -0.39 is 0 Å². The normalized spacial score (nSPS) is 21.3. The fourth-order valence-corrected chi connectivity index (χ4v) is 6.24. The first-order valence-electron chi connectivity index (χ1n) is 9.88. The van der Waals surface area contributed by atoms with Crippen LogP contribution >= 0.6 is 35.0 Å². The van der Waals surface area contributed by atoms with Gasteiger partial charge in [-0.05, 0) is 43.2 Å². The number of piperidine rings is 1. The quantitative estimate of drug-likeness (QED) is 0.626. The van der Waals surface area contributed by atoms with Crippen molar-refractivity contribution in [3.63, 3.8) is 0 Å². The van der Waals surface area contributed by atoms with Crippen molar-refractivity contribution in [2.45, 2.75) is 47.9 Å². The second kappa shape index (κ2) is 7.61. The maximum atomic E-state index is 6.44. The zero-order valence-corrected chi connectivity index (χ0v) is 18.2. The molecular weight excluding hydrogens is 427 g/mol. The summed E-state index contributed by atoms with van der Waals surface area (Å²) in [4.78, 5) is 8.75. The van der Waals surface area contributed by atoms with E-state index in [-0.39, 0.29) is 0 Å². The molecule has 3 heterocycles. The van der Waals surface area contributed by atoms with Crippen molar-refractivity contribution in [2.24, 2.45) is 11.1 Å². The molecule has 0 unspecified atom stereocenters. The molecular formula is C20H22Cl2N6S. The predicted molar refractivity (Wildman–Crippen MR) is 117 cm³/mol. The Balaban J connectivity index is 1.43. The van der Waals surface area contributed by atoms with Crippen LogP contribution < -0.4 is 10.6 Å². The third-order valence-corrected chi connectivity index (χ3v) is 8.44. The molecule has 3 aromatic rings. The summed E-state index contributed by atoms with van der Waals surface area (Å²) in [5, 5.41) is 9.69. The average molecular weight is 449 g/mol. The molecule has 1 saturated heterocycles. The second-order valence-electron chi connectivity index (χ2n) is 7.95. The molecule has 1 aliphatic carbocycles. The van der Waals surface area contributed by atoms with Gasteiger partial charge >= 0.3 is 0 Å². The summed E-state index contributed by atoms with van der Waals surface area (Å²) < 4.78 is 1.96. The molecule has 5 rings (SSSR count). The Hall–Kier alpha value is -1.54. The second-order valence-corrected chi connectivity index (χ2v) is 9.81. The monoisotopic (exact) mass is 448 g/mol. The first kappa shape index (κ1) is 19.4. The fraction of sp³-hybridized carbons (Fsp3) is 0.450. The van der Waals surface area contributed by atoms with Crippen molar-refractivity contribution in [3.05, 3.63) is 40.8 Å². The van der Waals surface area contributed by atoms with E-state index in [1.54, 1.807) is 6.33 Å². The molecule has 1 spiro atoms. The van der Waals surface area contributed by atoms with Gasteiger partial charge in [-0.2, -0.15) is 0 Å². The minimum atomic E-state index is 0.319. The molecule has 2 fully saturated rings. The third kappa shape index (κ3) is 3.38. The number of fused-ring (bicyclic) bond motifs is 1. The molecule has 2 N–H and O–H groups in total. The Morgan fingerprint density at radius 1 is 1.14 bits per heavy atom. The maximum Gasteiger partial charge on any atom is 0.212 e. The zero-order chi connectivity index (χ0) is 20.0. The standard InChI is InChI=1S/C20H22Cl2N6S/c21-13-3-1-4-14(22)17(13)29-15-11-24-19(28-12-25-26-18(15)28)27-9-7-20(8-10-27)6-2-5-16(20)23/h1,3-4,11-12,16H,2,5-10,23H2/t16-/m1/s1. The number of anilines is 1. The van der Waals surface area contributed by atoms with Crippen LogP contribution in [0, 0.1) is 5.41 Å². The van der Waals surface area contributed by atoms with E-state index in [0.717, 1.165) is 53.7 Å². The molecule has 0 bridgehead atoms. The van der Waals surface area contributed by atoms with Gasteiger partial charge in [-0.1, -0.05) is 47.5 Å². The van der Waals surface area contributed by atoms with Crippen LogP contribution in [0.25, 0.3) is 5.65 Å². The summed E-state index contributed by atoms with van der Waals surface area (Å²) >= 11 is 14.1. The van der Waals surface area contributed by atoms with Gasteiger partial charge in [0.15, 0.2) is 5.65 Å². The maximum absolute atomic E-state index is 6.44. The SMILES string of the molecule is N[C@@H]1CCCC12CCN(c1ncc(Sc3c(Cl)cccc3Cl)c3nncn13)CC2. The van der Waals surface area contributed by atoms with Gasteiger partial charge in [-0.3, -0.25) is 0 Å². The van der Waals surface area contributed by atoms with Crippen LogP contribution in [0.4, 0.5) is 5.95 Å². The Bertz CT molecular complexity index is 1030. The van der Waals surface area contributed by atoms with E-state index in [1.165, 1.54) is 24.6 Å². The Morgan fingerprint density at radius 2 is 1.90 bits per heavy atom. The number of nitrogens with zero attached hydrogens (tertiary/aromatic N) is 5. The van der Waals surface area contributed by atoms with Gasteiger partial charge in [0.25, 0.3) is 0 Å². The highest BCUT2D eigenvalue weighted by Crippen LogP contribution is 2.46. The molecule has 2 aromatic heterocycles. The number of rotatable bonds is 3. The van der Waals surface area contributed by atoms with Crippen LogP contribution in [0.5, 0.6) is 0 Å². The molecule has 0 amide bonds. The van der Waals surface area contributed by atoms with Crippen LogP contribution in [-0.2, 0) is 0 Å². The fourth-order valence-electron chi connectivity index (χ4n) is 4.72. The summed E-state index contributed by atoms with van der Waals surface area (Å²) in [7, 11) is 0. The van der Waals surface area contributed by atoms with E-state index in [1.807, 2.05) is 28.8 Å². The molecule has 152 valence electrons. The number of aromatic nitrogens is 4. The van der Waals surface area contributed by atoms with Crippen molar-refractivity contribution in [1.82, 2.24) is 19.6 Å². The van der Waals surface area contributed by atoms with Crippen LogP contribution in [0.2, 0.25) is 10.0 Å². The smallest absolute Gasteiger partial charge is 0.212 e. The highest BCUT2D eigenvalue weighted by molar-refractivity contribution is 7.99. The molecule has 9 heteroatoms. The summed E-state index contributed by atoms with van der Waals surface area (Å²) in [5.74, 6) is 0.876. The summed E-state index contributed by atoms with van der Waals surface area (Å²) in [5.41, 5.74) is 7.51. The number of hydrogen-bond donors (Lipinski definition) is 1. The molecule has 0 radical (unpaired) electrons. The van der Waals surface area contributed by atoms with Crippen LogP contribution in [0.15, 0.2) is 40.5 Å². The molecule has 6 nitrogen and oxygen atoms in total. The van der Waals surface area contributed by atoms with Crippen LogP contribution in [0.1, 0.15) is 32.1 Å². The van der Waals surface area contributed by atoms with Gasteiger partial charge in [0.2, 0.25) is 5.95 Å². The van der Waals surface area contributed by atoms with Gasteiger partial charge in [0.05, 0.1) is 14.9 Å². The number of benzene rings is 1. The van der Waals surface area contributed by atoms with Crippen molar-refractivity contribution >= 4 is 46.6 Å². The van der Waals surface area contributed by atoms with Crippen molar-refractivity contribution < 1.29 is 0 Å². The average Bonchev–Trinajstić information content (AvgIpc) is 3.34. The lowest BCUT2D eigenvalue weighted by molar-refractivity contribution is 0.197. The molecule has 2 aliphatic rings. The summed E-state index contributed by atoms with van der Waals surface area (Å²) in [6, 6.07) is 5.83. The van der Waals surface area contributed by atoms with E-state index in [2.05, 4.69) is 15.1 Å². The van der Waals surface area contributed by atoms with Crippen LogP contribution in [0.3, 0.4) is 0 Å². The molecule has 1 aliphatic heterocycles. The lowest BCUT2D eigenvalue weighted by Gasteiger charge is -2.42. The van der Waals surface area contributed by atoms with Crippen molar-refractivity contribution in [3.8, 4) is 0 Å². The predicted octanol–water partition coefficient (Wildman–Crippen LogP) is 4.68. The minimum Gasteiger partial charge on any atom is -0.342 e. The number of nitrogens with two attached hydrogens (primary N) is 1. The van der Waals surface area contributed by atoms with Gasteiger partial charge in [-0.15, -0.1) is 10.2 Å².